The highest BCUT2D eigenvalue weighted by molar-refractivity contribution is 8.01. The number of carbonyl (C=O) groups is 1. The van der Waals surface area contributed by atoms with Crippen molar-refractivity contribution in [3.63, 3.8) is 0 Å². The number of benzene rings is 1. The largest absolute Gasteiger partial charge is 0.495 e. The normalized spacial score (nSPS) is 18.5. The minimum atomic E-state index is -0.418. The molecular weight excluding hydrogens is 371 g/mol. The summed E-state index contributed by atoms with van der Waals surface area (Å²) in [5.41, 5.74) is 1.53. The fourth-order valence-corrected chi connectivity index (χ4v) is 3.30. The molecular formula is C22H37BO4S. The third-order valence-electron chi connectivity index (χ3n) is 5.03. The Balaban J connectivity index is 0.000000568. The van der Waals surface area contributed by atoms with E-state index in [1.807, 2.05) is 46.8 Å². The Labute approximate surface area is 176 Å². The predicted molar refractivity (Wildman–Crippen MR) is 120 cm³/mol. The van der Waals surface area contributed by atoms with Crippen LogP contribution in [-0.2, 0) is 18.8 Å². The van der Waals surface area contributed by atoms with Crippen molar-refractivity contribution in [2.24, 2.45) is 0 Å². The number of rotatable bonds is 4. The van der Waals surface area contributed by atoms with Crippen molar-refractivity contribution in [3.05, 3.63) is 23.8 Å². The molecule has 1 fully saturated rings. The van der Waals surface area contributed by atoms with E-state index in [0.29, 0.717) is 0 Å². The van der Waals surface area contributed by atoms with Gasteiger partial charge < -0.3 is 18.8 Å². The molecule has 4 nitrogen and oxygen atoms in total. The third kappa shape index (κ3) is 6.91. The Morgan fingerprint density at radius 2 is 1.50 bits per heavy atom. The van der Waals surface area contributed by atoms with E-state index in [1.165, 1.54) is 0 Å². The molecule has 158 valence electrons. The number of ether oxygens (including phenoxy) is 1. The molecule has 0 aromatic heterocycles. The standard InChI is InChI=1S/C17H25BO3S.C5H12O/c1-12-10-13(22-15(2,3)11-19)8-9-14(12)18-20-16(4,5)17(6,7)21-18;1-5(2,3)6-4/h8-11H,1-7H3;1-4H3. The Hall–Kier alpha value is -0.815. The van der Waals surface area contributed by atoms with Crippen LogP contribution in [0.2, 0.25) is 0 Å². The van der Waals surface area contributed by atoms with E-state index < -0.39 is 4.75 Å². The summed E-state index contributed by atoms with van der Waals surface area (Å²) in [4.78, 5) is 12.2. The lowest BCUT2D eigenvalue weighted by Crippen LogP contribution is -2.41. The van der Waals surface area contributed by atoms with Gasteiger partial charge in [-0.25, -0.2) is 0 Å². The van der Waals surface area contributed by atoms with Crippen molar-refractivity contribution in [2.75, 3.05) is 7.11 Å². The molecule has 1 aliphatic rings. The summed E-state index contributed by atoms with van der Waals surface area (Å²) in [6.07, 6.45) is 0.981. The molecule has 1 heterocycles. The molecule has 0 N–H and O–H groups in total. The third-order valence-corrected chi connectivity index (χ3v) is 6.14. The second-order valence-electron chi connectivity index (χ2n) is 9.75. The second-order valence-corrected chi connectivity index (χ2v) is 11.5. The van der Waals surface area contributed by atoms with Crippen LogP contribution in [0.3, 0.4) is 0 Å². The van der Waals surface area contributed by atoms with Crippen molar-refractivity contribution in [2.45, 2.75) is 95.7 Å². The average molecular weight is 408 g/mol. The summed E-state index contributed by atoms with van der Waals surface area (Å²) in [6.45, 7) is 20.2. The lowest BCUT2D eigenvalue weighted by Gasteiger charge is -2.32. The van der Waals surface area contributed by atoms with E-state index >= 15 is 0 Å². The quantitative estimate of drug-likeness (QED) is 0.407. The molecule has 1 saturated heterocycles. The van der Waals surface area contributed by atoms with Gasteiger partial charge in [0, 0.05) is 12.0 Å². The number of carbonyl (C=O) groups excluding carboxylic acids is 1. The highest BCUT2D eigenvalue weighted by Gasteiger charge is 2.52. The number of hydrogen-bond donors (Lipinski definition) is 0. The maximum atomic E-state index is 11.1. The van der Waals surface area contributed by atoms with Crippen molar-refractivity contribution in [3.8, 4) is 0 Å². The van der Waals surface area contributed by atoms with Gasteiger partial charge in [0.15, 0.2) is 0 Å². The molecule has 0 bridgehead atoms. The second kappa shape index (κ2) is 8.91. The number of aldehydes is 1. The summed E-state index contributed by atoms with van der Waals surface area (Å²) in [5, 5.41) is 0. The van der Waals surface area contributed by atoms with E-state index in [-0.39, 0.29) is 23.9 Å². The summed E-state index contributed by atoms with van der Waals surface area (Å²) < 4.78 is 16.7. The highest BCUT2D eigenvalue weighted by Crippen LogP contribution is 2.37. The average Bonchev–Trinajstić information content (AvgIpc) is 2.74. The molecule has 1 aromatic carbocycles. The lowest BCUT2D eigenvalue weighted by atomic mass is 9.76. The van der Waals surface area contributed by atoms with Crippen LogP contribution in [-0.4, -0.2) is 42.1 Å². The van der Waals surface area contributed by atoms with Gasteiger partial charge in [-0.2, -0.15) is 0 Å². The minimum absolute atomic E-state index is 0.0417. The van der Waals surface area contributed by atoms with Gasteiger partial charge in [0.05, 0.1) is 21.6 Å². The van der Waals surface area contributed by atoms with Crippen molar-refractivity contribution in [1.82, 2.24) is 0 Å². The number of aryl methyl sites for hydroxylation is 1. The predicted octanol–water partition coefficient (Wildman–Crippen LogP) is 4.80. The molecule has 0 unspecified atom stereocenters. The van der Waals surface area contributed by atoms with Crippen molar-refractivity contribution in [1.29, 1.82) is 0 Å². The summed E-state index contributed by atoms with van der Waals surface area (Å²) >= 11 is 1.56. The molecule has 0 radical (unpaired) electrons. The van der Waals surface area contributed by atoms with Crippen LogP contribution < -0.4 is 5.46 Å². The van der Waals surface area contributed by atoms with Crippen LogP contribution in [0.25, 0.3) is 0 Å². The summed E-state index contributed by atoms with van der Waals surface area (Å²) in [5.74, 6) is 0. The highest BCUT2D eigenvalue weighted by atomic mass is 32.2. The Bertz CT molecular complexity index is 662. The van der Waals surface area contributed by atoms with Crippen LogP contribution in [0.5, 0.6) is 0 Å². The molecule has 1 aliphatic heterocycles. The molecule has 0 amide bonds. The Morgan fingerprint density at radius 1 is 1.04 bits per heavy atom. The minimum Gasteiger partial charge on any atom is -0.399 e. The molecule has 0 aliphatic carbocycles. The number of methoxy groups -OCH3 is 1. The number of thioether (sulfide) groups is 1. The zero-order valence-corrected chi connectivity index (χ0v) is 20.2. The van der Waals surface area contributed by atoms with Gasteiger partial charge in [0.1, 0.15) is 6.29 Å². The van der Waals surface area contributed by atoms with Crippen molar-refractivity contribution < 1.29 is 18.8 Å². The van der Waals surface area contributed by atoms with E-state index in [0.717, 1.165) is 22.2 Å². The molecule has 0 saturated carbocycles. The van der Waals surface area contributed by atoms with E-state index in [1.54, 1.807) is 18.9 Å². The molecule has 0 atom stereocenters. The van der Waals surface area contributed by atoms with Gasteiger partial charge >= 0.3 is 7.12 Å². The topological polar surface area (TPSA) is 44.8 Å². The Kier molecular flexibility index (Phi) is 8.02. The maximum Gasteiger partial charge on any atom is 0.495 e. The van der Waals surface area contributed by atoms with Gasteiger partial charge in [-0.1, -0.05) is 11.6 Å². The van der Waals surface area contributed by atoms with Gasteiger partial charge in [-0.05, 0) is 86.8 Å². The smallest absolute Gasteiger partial charge is 0.399 e. The van der Waals surface area contributed by atoms with E-state index in [4.69, 9.17) is 14.0 Å². The monoisotopic (exact) mass is 408 g/mol. The van der Waals surface area contributed by atoms with Crippen LogP contribution in [0, 0.1) is 6.92 Å². The van der Waals surface area contributed by atoms with Gasteiger partial charge in [-0.3, -0.25) is 0 Å². The SMILES string of the molecule is COC(C)(C)C.Cc1cc(SC(C)(C)C=O)ccc1B1OC(C)(C)C(C)(C)O1. The van der Waals surface area contributed by atoms with Crippen molar-refractivity contribution >= 4 is 30.6 Å². The van der Waals surface area contributed by atoms with Gasteiger partial charge in [0.25, 0.3) is 0 Å². The first-order valence-electron chi connectivity index (χ1n) is 9.70. The Morgan fingerprint density at radius 3 is 1.86 bits per heavy atom. The van der Waals surface area contributed by atoms with Crippen LogP contribution >= 0.6 is 11.8 Å². The molecule has 28 heavy (non-hydrogen) atoms. The van der Waals surface area contributed by atoms with E-state index in [9.17, 15) is 4.79 Å². The fraction of sp³-hybridized carbons (Fsp3) is 0.682. The lowest BCUT2D eigenvalue weighted by molar-refractivity contribution is -0.109. The fourth-order valence-electron chi connectivity index (χ4n) is 2.27. The summed E-state index contributed by atoms with van der Waals surface area (Å²) in [6, 6.07) is 6.17. The zero-order chi connectivity index (χ0) is 22.0. The molecule has 1 aromatic rings. The van der Waals surface area contributed by atoms with Crippen LogP contribution in [0.1, 0.15) is 67.9 Å². The van der Waals surface area contributed by atoms with Crippen LogP contribution in [0.4, 0.5) is 0 Å². The molecule has 6 heteroatoms. The first-order chi connectivity index (χ1) is 12.5. The first-order valence-corrected chi connectivity index (χ1v) is 10.5. The maximum absolute atomic E-state index is 11.1. The number of hydrogen-bond acceptors (Lipinski definition) is 5. The molecule has 0 spiro atoms. The van der Waals surface area contributed by atoms with E-state index in [2.05, 4.69) is 40.7 Å². The van der Waals surface area contributed by atoms with Crippen LogP contribution in [0.15, 0.2) is 23.1 Å². The molecule has 2 rings (SSSR count). The van der Waals surface area contributed by atoms with Gasteiger partial charge in [-0.15, -0.1) is 11.8 Å². The van der Waals surface area contributed by atoms with Gasteiger partial charge in [0.2, 0.25) is 0 Å². The first kappa shape index (κ1) is 25.2. The summed E-state index contributed by atoms with van der Waals surface area (Å²) in [7, 11) is 1.36. The zero-order valence-electron chi connectivity index (χ0n) is 19.4.